The first-order valence-electron chi connectivity index (χ1n) is 13.7. The van der Waals surface area contributed by atoms with Crippen molar-refractivity contribution in [3.8, 4) is 0 Å². The number of nitrogens with one attached hydrogen (secondary N) is 1. The van der Waals surface area contributed by atoms with Crippen LogP contribution in [0, 0.1) is 0 Å². The van der Waals surface area contributed by atoms with E-state index in [2.05, 4.69) is 45.4 Å². The Morgan fingerprint density at radius 2 is 1.54 bits per heavy atom. The third-order valence-corrected chi connectivity index (χ3v) is 7.63. The van der Waals surface area contributed by atoms with Crippen LogP contribution in [0.25, 0.3) is 16.4 Å². The Morgan fingerprint density at radius 1 is 0.795 bits per heavy atom. The molecule has 1 amide bonds. The molecule has 198 valence electrons. The summed E-state index contributed by atoms with van der Waals surface area (Å²) in [7, 11) is 0. The number of hydrogen-bond acceptors (Lipinski definition) is 4. The van der Waals surface area contributed by atoms with Crippen LogP contribution in [-0.2, 0) is 6.54 Å². The van der Waals surface area contributed by atoms with Crippen molar-refractivity contribution in [3.05, 3.63) is 119 Å². The van der Waals surface area contributed by atoms with Crippen LogP contribution in [0.15, 0.2) is 102 Å². The first kappa shape index (κ1) is 24.9. The van der Waals surface area contributed by atoms with Crippen molar-refractivity contribution >= 4 is 28.0 Å². The summed E-state index contributed by atoms with van der Waals surface area (Å²) in [6.07, 6.45) is 2.69. The average Bonchev–Trinajstić information content (AvgIpc) is 3.49. The predicted octanol–water partition coefficient (Wildman–Crippen LogP) is 4.24. The highest BCUT2D eigenvalue weighted by Gasteiger charge is 2.17. The van der Waals surface area contributed by atoms with Crippen molar-refractivity contribution in [2.24, 2.45) is 0 Å². The molecule has 6 rings (SSSR count). The Morgan fingerprint density at radius 3 is 2.31 bits per heavy atom. The molecule has 1 saturated heterocycles. The van der Waals surface area contributed by atoms with E-state index < -0.39 is 0 Å². The fourth-order valence-electron chi connectivity index (χ4n) is 5.51. The quantitative estimate of drug-likeness (QED) is 0.312. The van der Waals surface area contributed by atoms with E-state index in [0.717, 1.165) is 61.1 Å². The zero-order valence-electron chi connectivity index (χ0n) is 22.0. The van der Waals surface area contributed by atoms with Crippen LogP contribution in [0.1, 0.15) is 22.3 Å². The molecule has 1 N–H and O–H groups in total. The molecule has 0 atom stereocenters. The first-order chi connectivity index (χ1) is 19.2. The lowest BCUT2D eigenvalue weighted by atomic mass is 10.1. The van der Waals surface area contributed by atoms with Gasteiger partial charge in [0.15, 0.2) is 0 Å². The van der Waals surface area contributed by atoms with Gasteiger partial charge >= 0.3 is 5.69 Å². The largest absolute Gasteiger partial charge is 0.369 e. The van der Waals surface area contributed by atoms with Gasteiger partial charge in [0.2, 0.25) is 0 Å². The highest BCUT2D eigenvalue weighted by molar-refractivity contribution is 6.01. The Labute approximate surface area is 227 Å². The van der Waals surface area contributed by atoms with E-state index in [0.29, 0.717) is 18.7 Å². The highest BCUT2D eigenvalue weighted by Crippen LogP contribution is 2.22. The molecule has 1 aliphatic heterocycles. The molecule has 7 nitrogen and oxygen atoms in total. The second kappa shape index (κ2) is 11.2. The lowest BCUT2D eigenvalue weighted by Gasteiger charge is -2.36. The number of carbonyl (C=O) groups is 1. The predicted molar refractivity (Wildman–Crippen MR) is 157 cm³/mol. The Kier molecular flexibility index (Phi) is 7.15. The molecule has 1 fully saturated rings. The van der Waals surface area contributed by atoms with Crippen molar-refractivity contribution in [2.45, 2.75) is 13.0 Å². The van der Waals surface area contributed by atoms with Gasteiger partial charge in [0.25, 0.3) is 5.91 Å². The smallest absolute Gasteiger partial charge is 0.333 e. The number of fused-ring (bicyclic) bond motifs is 3. The number of nitrogens with zero attached hydrogens (tertiary/aromatic N) is 4. The third kappa shape index (κ3) is 5.31. The molecule has 5 aromatic rings. The van der Waals surface area contributed by atoms with E-state index in [-0.39, 0.29) is 11.6 Å². The summed E-state index contributed by atoms with van der Waals surface area (Å²) in [5, 5.41) is 4.03. The van der Waals surface area contributed by atoms with Crippen LogP contribution in [0.2, 0.25) is 0 Å². The minimum atomic E-state index is -0.115. The molecule has 0 aliphatic carbocycles. The molecule has 2 aromatic heterocycles. The minimum Gasteiger partial charge on any atom is -0.369 e. The van der Waals surface area contributed by atoms with E-state index in [9.17, 15) is 9.59 Å². The Bertz CT molecular complexity index is 1630. The second-order valence-electron chi connectivity index (χ2n) is 10.1. The summed E-state index contributed by atoms with van der Waals surface area (Å²) >= 11 is 0. The normalized spacial score (nSPS) is 14.2. The zero-order chi connectivity index (χ0) is 26.6. The molecule has 0 radical (unpaired) electrons. The summed E-state index contributed by atoms with van der Waals surface area (Å²) in [6, 6.07) is 30.0. The topological polar surface area (TPSA) is 62.0 Å². The maximum absolute atomic E-state index is 13.4. The van der Waals surface area contributed by atoms with Gasteiger partial charge in [0.1, 0.15) is 0 Å². The number of piperazine rings is 1. The van der Waals surface area contributed by atoms with Crippen LogP contribution < -0.4 is 15.9 Å². The Balaban J connectivity index is 1.11. The van der Waals surface area contributed by atoms with Gasteiger partial charge in [-0.25, -0.2) is 4.79 Å². The second-order valence-corrected chi connectivity index (χ2v) is 10.1. The maximum Gasteiger partial charge on any atom is 0.333 e. The van der Waals surface area contributed by atoms with Gasteiger partial charge in [0.05, 0.1) is 17.6 Å². The van der Waals surface area contributed by atoms with E-state index in [1.54, 1.807) is 15.2 Å². The van der Waals surface area contributed by atoms with Gasteiger partial charge < -0.3 is 10.2 Å². The SMILES string of the molecule is O=C(NCCCN1CCN(c2ccccc2)CC1)c1ccc2c(c1)n(Cc1ccccc1)c(=O)n1cccc21. The van der Waals surface area contributed by atoms with Crippen LogP contribution in [0.4, 0.5) is 5.69 Å². The van der Waals surface area contributed by atoms with Crippen molar-refractivity contribution in [1.29, 1.82) is 0 Å². The fraction of sp³-hybridized carbons (Fsp3) is 0.250. The molecule has 7 heteroatoms. The molecule has 0 spiro atoms. The lowest BCUT2D eigenvalue weighted by molar-refractivity contribution is 0.0951. The molecular weight excluding hydrogens is 486 g/mol. The summed E-state index contributed by atoms with van der Waals surface area (Å²) in [5.41, 5.74) is 4.38. The number of rotatable bonds is 8. The number of anilines is 1. The average molecular weight is 520 g/mol. The number of para-hydroxylation sites is 1. The van der Waals surface area contributed by atoms with Crippen molar-refractivity contribution in [1.82, 2.24) is 19.2 Å². The van der Waals surface area contributed by atoms with Crippen LogP contribution in [-0.4, -0.2) is 59.0 Å². The van der Waals surface area contributed by atoms with Gasteiger partial charge in [-0.2, -0.15) is 0 Å². The van der Waals surface area contributed by atoms with Gasteiger partial charge in [-0.3, -0.25) is 18.7 Å². The summed E-state index contributed by atoms with van der Waals surface area (Å²) in [4.78, 5) is 31.3. The van der Waals surface area contributed by atoms with Gasteiger partial charge in [-0.1, -0.05) is 48.5 Å². The van der Waals surface area contributed by atoms with Gasteiger partial charge in [-0.05, 0) is 61.0 Å². The van der Waals surface area contributed by atoms with Crippen LogP contribution in [0.3, 0.4) is 0 Å². The summed E-state index contributed by atoms with van der Waals surface area (Å²) in [6.45, 7) is 6.11. The molecule has 0 bridgehead atoms. The van der Waals surface area contributed by atoms with Crippen molar-refractivity contribution < 1.29 is 4.79 Å². The van der Waals surface area contributed by atoms with Crippen molar-refractivity contribution in [3.63, 3.8) is 0 Å². The molecule has 0 saturated carbocycles. The third-order valence-electron chi connectivity index (χ3n) is 7.63. The summed E-state index contributed by atoms with van der Waals surface area (Å²) in [5.74, 6) is -0.111. The van der Waals surface area contributed by atoms with E-state index in [1.807, 2.05) is 60.7 Å². The minimum absolute atomic E-state index is 0.111. The highest BCUT2D eigenvalue weighted by atomic mass is 16.2. The molecular formula is C32H33N5O2. The number of hydrogen-bond donors (Lipinski definition) is 1. The molecule has 0 unspecified atom stereocenters. The van der Waals surface area contributed by atoms with E-state index in [1.165, 1.54) is 5.69 Å². The first-order valence-corrected chi connectivity index (χ1v) is 13.7. The number of benzene rings is 3. The zero-order valence-corrected chi connectivity index (χ0v) is 22.0. The fourth-order valence-corrected chi connectivity index (χ4v) is 5.51. The standard InChI is InChI=1S/C32H33N5O2/c38-31(33-16-8-17-34-19-21-35(22-20-34)27-11-5-2-6-12-27)26-14-15-28-29-13-7-18-36(29)32(39)37(30(28)23-26)24-25-9-3-1-4-10-25/h1-7,9-15,18,23H,8,16-17,19-22,24H2,(H,33,38). The molecule has 39 heavy (non-hydrogen) atoms. The van der Waals surface area contributed by atoms with Crippen LogP contribution in [0.5, 0.6) is 0 Å². The van der Waals surface area contributed by atoms with Gasteiger partial charge in [0, 0.05) is 55.6 Å². The molecule has 3 aromatic carbocycles. The lowest BCUT2D eigenvalue weighted by Crippen LogP contribution is -2.47. The van der Waals surface area contributed by atoms with Crippen LogP contribution >= 0.6 is 0 Å². The number of amides is 1. The monoisotopic (exact) mass is 519 g/mol. The van der Waals surface area contributed by atoms with Gasteiger partial charge in [-0.15, -0.1) is 0 Å². The molecule has 1 aliphatic rings. The molecule has 3 heterocycles. The number of aromatic nitrogens is 2. The summed E-state index contributed by atoms with van der Waals surface area (Å²) < 4.78 is 3.42. The Hall–Kier alpha value is -4.36. The number of carbonyl (C=O) groups excluding carboxylic acids is 1. The van der Waals surface area contributed by atoms with E-state index in [4.69, 9.17) is 0 Å². The maximum atomic E-state index is 13.4. The van der Waals surface area contributed by atoms with E-state index >= 15 is 0 Å². The van der Waals surface area contributed by atoms with Crippen molar-refractivity contribution in [2.75, 3.05) is 44.2 Å².